The van der Waals surface area contributed by atoms with Gasteiger partial charge in [-0.3, -0.25) is 4.57 Å². The minimum absolute atomic E-state index is 0.895. The third-order valence-electron chi connectivity index (χ3n) is 3.74. The molecule has 0 amide bonds. The van der Waals surface area contributed by atoms with Crippen molar-refractivity contribution in [2.24, 2.45) is 0 Å². The van der Waals surface area contributed by atoms with Gasteiger partial charge >= 0.3 is 0 Å². The largest absolute Gasteiger partial charge is 0.274 e. The summed E-state index contributed by atoms with van der Waals surface area (Å²) in [7, 11) is 0. The molecule has 118 valence electrons. The zero-order chi connectivity index (χ0) is 16.4. The van der Waals surface area contributed by atoms with Gasteiger partial charge in [0.25, 0.3) is 0 Å². The molecule has 3 nitrogen and oxygen atoms in total. The maximum absolute atomic E-state index is 4.35. The van der Waals surface area contributed by atoms with E-state index in [0.29, 0.717) is 0 Å². The number of aromatic nitrogens is 3. The number of thioether (sulfide) groups is 1. The highest BCUT2D eigenvalue weighted by molar-refractivity contribution is 7.98. The average Bonchev–Trinajstić information content (AvgIpc) is 2.86. The molecule has 0 atom stereocenters. The smallest absolute Gasteiger partial charge is 0.196 e. The molecule has 3 aromatic rings. The molecule has 0 fully saturated rings. The number of benzene rings is 2. The molecule has 4 heteroatoms. The Morgan fingerprint density at radius 2 is 1.48 bits per heavy atom. The Kier molecular flexibility index (Phi) is 4.53. The maximum Gasteiger partial charge on any atom is 0.196 e. The Morgan fingerprint density at radius 3 is 2.13 bits per heavy atom. The van der Waals surface area contributed by atoms with E-state index in [-0.39, 0.29) is 0 Å². The summed E-state index contributed by atoms with van der Waals surface area (Å²) in [4.78, 5) is 0. The molecule has 23 heavy (non-hydrogen) atoms. The van der Waals surface area contributed by atoms with Gasteiger partial charge in [-0.15, -0.1) is 10.2 Å². The van der Waals surface area contributed by atoms with E-state index in [0.717, 1.165) is 22.4 Å². The second-order valence-corrected chi connectivity index (χ2v) is 6.93. The van der Waals surface area contributed by atoms with Crippen molar-refractivity contribution in [3.8, 4) is 5.69 Å². The molecule has 2 aromatic carbocycles. The van der Waals surface area contributed by atoms with Crippen LogP contribution in [0.2, 0.25) is 0 Å². The number of hydrogen-bond acceptors (Lipinski definition) is 3. The summed E-state index contributed by atoms with van der Waals surface area (Å²) in [6.07, 6.45) is 0. The first-order valence-corrected chi connectivity index (χ1v) is 8.70. The van der Waals surface area contributed by atoms with E-state index in [2.05, 4.69) is 78.0 Å². The third kappa shape index (κ3) is 3.64. The van der Waals surface area contributed by atoms with Crippen LogP contribution in [0.25, 0.3) is 5.69 Å². The highest BCUT2D eigenvalue weighted by Crippen LogP contribution is 2.26. The van der Waals surface area contributed by atoms with Crippen molar-refractivity contribution in [2.75, 3.05) is 0 Å². The van der Waals surface area contributed by atoms with Crippen LogP contribution in [0.15, 0.2) is 47.6 Å². The van der Waals surface area contributed by atoms with E-state index in [9.17, 15) is 0 Å². The number of nitrogens with zero attached hydrogens (tertiary/aromatic N) is 3. The molecular weight excluding hydrogens is 302 g/mol. The Bertz CT molecular complexity index is 799. The summed E-state index contributed by atoms with van der Waals surface area (Å²) in [6, 6.07) is 15.1. The SMILES string of the molecule is Cc1ccc(-n2c(C)nnc2SCc2cc(C)cc(C)c2)cc1. The van der Waals surface area contributed by atoms with Crippen LogP contribution in [0.1, 0.15) is 28.1 Å². The molecule has 0 spiro atoms. The average molecular weight is 323 g/mol. The fourth-order valence-corrected chi connectivity index (χ4v) is 3.66. The molecule has 0 aliphatic carbocycles. The first kappa shape index (κ1) is 15.8. The molecule has 0 saturated carbocycles. The number of rotatable bonds is 4. The molecule has 1 heterocycles. The van der Waals surface area contributed by atoms with E-state index in [1.165, 1.54) is 22.3 Å². The van der Waals surface area contributed by atoms with Gasteiger partial charge in [0.05, 0.1) is 0 Å². The van der Waals surface area contributed by atoms with Gasteiger partial charge in [0.2, 0.25) is 0 Å². The Balaban J connectivity index is 1.85. The van der Waals surface area contributed by atoms with Gasteiger partial charge in [0.1, 0.15) is 5.82 Å². The molecular formula is C19H21N3S. The quantitative estimate of drug-likeness (QED) is 0.647. The van der Waals surface area contributed by atoms with Crippen LogP contribution in [-0.4, -0.2) is 14.8 Å². The van der Waals surface area contributed by atoms with Gasteiger partial charge in [-0.1, -0.05) is 58.8 Å². The van der Waals surface area contributed by atoms with Gasteiger partial charge in [-0.25, -0.2) is 0 Å². The van der Waals surface area contributed by atoms with Crippen molar-refractivity contribution >= 4 is 11.8 Å². The van der Waals surface area contributed by atoms with Gasteiger partial charge < -0.3 is 0 Å². The molecule has 0 N–H and O–H groups in total. The molecule has 0 unspecified atom stereocenters. The van der Waals surface area contributed by atoms with Gasteiger partial charge in [-0.2, -0.15) is 0 Å². The summed E-state index contributed by atoms with van der Waals surface area (Å²) in [5.41, 5.74) is 6.29. The predicted molar refractivity (Wildman–Crippen MR) is 96.3 cm³/mol. The lowest BCUT2D eigenvalue weighted by atomic mass is 10.1. The van der Waals surface area contributed by atoms with Crippen molar-refractivity contribution in [3.63, 3.8) is 0 Å². The molecule has 3 rings (SSSR count). The van der Waals surface area contributed by atoms with E-state index in [1.54, 1.807) is 11.8 Å². The van der Waals surface area contributed by atoms with Gasteiger partial charge in [-0.05, 0) is 45.4 Å². The van der Waals surface area contributed by atoms with Crippen LogP contribution in [-0.2, 0) is 5.75 Å². The fourth-order valence-electron chi connectivity index (χ4n) is 2.73. The van der Waals surface area contributed by atoms with Crippen molar-refractivity contribution in [1.29, 1.82) is 0 Å². The van der Waals surface area contributed by atoms with E-state index in [1.807, 2.05) is 6.92 Å². The molecule has 1 aromatic heterocycles. The topological polar surface area (TPSA) is 30.7 Å². The lowest BCUT2D eigenvalue weighted by molar-refractivity contribution is 0.867. The van der Waals surface area contributed by atoms with Crippen LogP contribution in [0, 0.1) is 27.7 Å². The Morgan fingerprint density at radius 1 is 0.826 bits per heavy atom. The molecule has 0 bridgehead atoms. The van der Waals surface area contributed by atoms with Crippen molar-refractivity contribution in [1.82, 2.24) is 14.8 Å². The minimum atomic E-state index is 0.895. The maximum atomic E-state index is 4.35. The van der Waals surface area contributed by atoms with E-state index in [4.69, 9.17) is 0 Å². The van der Waals surface area contributed by atoms with Gasteiger partial charge in [0.15, 0.2) is 5.16 Å². The zero-order valence-electron chi connectivity index (χ0n) is 14.0. The van der Waals surface area contributed by atoms with Crippen molar-refractivity contribution < 1.29 is 0 Å². The highest BCUT2D eigenvalue weighted by atomic mass is 32.2. The van der Waals surface area contributed by atoms with Crippen molar-refractivity contribution in [2.45, 2.75) is 38.6 Å². The van der Waals surface area contributed by atoms with Gasteiger partial charge in [0, 0.05) is 11.4 Å². The normalized spacial score (nSPS) is 11.0. The summed E-state index contributed by atoms with van der Waals surface area (Å²) in [5.74, 6) is 1.81. The molecule has 0 radical (unpaired) electrons. The van der Waals surface area contributed by atoms with Crippen LogP contribution < -0.4 is 0 Å². The van der Waals surface area contributed by atoms with Crippen LogP contribution in [0.4, 0.5) is 0 Å². The van der Waals surface area contributed by atoms with Crippen LogP contribution >= 0.6 is 11.8 Å². The lowest BCUT2D eigenvalue weighted by Crippen LogP contribution is -1.99. The summed E-state index contributed by atoms with van der Waals surface area (Å²) in [5, 5.41) is 9.54. The summed E-state index contributed by atoms with van der Waals surface area (Å²) in [6.45, 7) is 8.37. The monoisotopic (exact) mass is 323 g/mol. The Hall–Kier alpha value is -2.07. The molecule has 0 aliphatic heterocycles. The fraction of sp³-hybridized carbons (Fsp3) is 0.263. The number of hydrogen-bond donors (Lipinski definition) is 0. The Labute approximate surface area is 141 Å². The first-order valence-electron chi connectivity index (χ1n) is 7.72. The highest BCUT2D eigenvalue weighted by Gasteiger charge is 2.11. The summed E-state index contributed by atoms with van der Waals surface area (Å²) >= 11 is 1.73. The van der Waals surface area contributed by atoms with E-state index >= 15 is 0 Å². The van der Waals surface area contributed by atoms with Crippen molar-refractivity contribution in [3.05, 3.63) is 70.5 Å². The lowest BCUT2D eigenvalue weighted by Gasteiger charge is -2.09. The van der Waals surface area contributed by atoms with E-state index < -0.39 is 0 Å². The second kappa shape index (κ2) is 6.59. The number of aryl methyl sites for hydroxylation is 4. The van der Waals surface area contributed by atoms with Crippen LogP contribution in [0.5, 0.6) is 0 Å². The summed E-state index contributed by atoms with van der Waals surface area (Å²) < 4.78 is 2.12. The standard InChI is InChI=1S/C19H21N3S/c1-13-5-7-18(8-6-13)22-16(4)20-21-19(22)23-12-17-10-14(2)9-15(3)11-17/h5-11H,12H2,1-4H3. The first-order chi connectivity index (χ1) is 11.0. The molecule has 0 aliphatic rings. The second-order valence-electron chi connectivity index (χ2n) is 5.99. The predicted octanol–water partition coefficient (Wildman–Crippen LogP) is 4.79. The minimum Gasteiger partial charge on any atom is -0.274 e. The third-order valence-corrected chi connectivity index (χ3v) is 4.74. The van der Waals surface area contributed by atoms with Crippen LogP contribution in [0.3, 0.4) is 0 Å². The molecule has 0 saturated heterocycles. The zero-order valence-corrected chi connectivity index (χ0v) is 14.8.